The van der Waals surface area contributed by atoms with E-state index in [4.69, 9.17) is 4.74 Å². The molecule has 2 rings (SSSR count). The molecule has 8 heteroatoms. The smallest absolute Gasteiger partial charge is 0.407 e. The second kappa shape index (κ2) is 6.64. The molecule has 0 radical (unpaired) electrons. The summed E-state index contributed by atoms with van der Waals surface area (Å²) in [5, 5.41) is 12.8. The monoisotopic (exact) mass is 328 g/mol. The predicted molar refractivity (Wildman–Crippen MR) is 80.6 cm³/mol. The third-order valence-corrected chi connectivity index (χ3v) is 4.79. The highest BCUT2D eigenvalue weighted by Gasteiger charge is 2.40. The van der Waals surface area contributed by atoms with Gasteiger partial charge < -0.3 is 15.2 Å². The van der Waals surface area contributed by atoms with Crippen molar-refractivity contribution in [3.63, 3.8) is 0 Å². The van der Waals surface area contributed by atoms with Gasteiger partial charge in [0.15, 0.2) is 0 Å². The van der Waals surface area contributed by atoms with Crippen LogP contribution in [0.3, 0.4) is 0 Å². The van der Waals surface area contributed by atoms with Gasteiger partial charge in [-0.25, -0.2) is 13.2 Å². The lowest BCUT2D eigenvalue weighted by molar-refractivity contribution is 0.0521. The van der Waals surface area contributed by atoms with E-state index in [-0.39, 0.29) is 32.7 Å². The molecule has 7 nitrogen and oxygen atoms in total. The lowest BCUT2D eigenvalue weighted by atomic mass is 10.0. The Morgan fingerprint density at radius 2 is 2.09 bits per heavy atom. The van der Waals surface area contributed by atoms with Crippen molar-refractivity contribution < 1.29 is 23.1 Å². The number of nitrogens with zero attached hydrogens (tertiary/aromatic N) is 1. The van der Waals surface area contributed by atoms with E-state index in [0.717, 1.165) is 11.8 Å². The normalized spacial score (nSPS) is 22.5. The number of amides is 1. The van der Waals surface area contributed by atoms with Gasteiger partial charge in [-0.3, -0.25) is 0 Å². The van der Waals surface area contributed by atoms with Crippen LogP contribution in [0.5, 0.6) is 0 Å². The molecule has 0 aromatic heterocycles. The van der Waals surface area contributed by atoms with Gasteiger partial charge in [0.1, 0.15) is 6.61 Å². The predicted octanol–water partition coefficient (Wildman–Crippen LogP) is 0.309. The third-order valence-electron chi connectivity index (χ3n) is 3.54. The number of ether oxygens (including phenoxy) is 1. The number of alkyl carbamates (subject to hydrolysis) is 1. The first-order chi connectivity index (χ1) is 10.3. The molecule has 1 amide bonds. The molecule has 0 spiro atoms. The quantitative estimate of drug-likeness (QED) is 0.811. The van der Waals surface area contributed by atoms with Gasteiger partial charge in [-0.1, -0.05) is 30.3 Å². The van der Waals surface area contributed by atoms with E-state index in [2.05, 4.69) is 5.32 Å². The Morgan fingerprint density at radius 1 is 1.41 bits per heavy atom. The number of β-amino-alcohol motifs (C(OH)–C–C–N with tert-alkyl or cyclic N) is 1. The highest BCUT2D eigenvalue weighted by atomic mass is 32.2. The number of hydrogen-bond donors (Lipinski definition) is 2. The fourth-order valence-corrected chi connectivity index (χ4v) is 3.16. The van der Waals surface area contributed by atoms with Gasteiger partial charge in [0, 0.05) is 13.1 Å². The van der Waals surface area contributed by atoms with Crippen LogP contribution in [0.2, 0.25) is 0 Å². The molecular weight excluding hydrogens is 308 g/mol. The van der Waals surface area contributed by atoms with Crippen molar-refractivity contribution in [2.75, 3.05) is 25.9 Å². The van der Waals surface area contributed by atoms with Crippen LogP contribution in [0.15, 0.2) is 30.3 Å². The number of nitrogens with one attached hydrogen (secondary N) is 1. The Bertz CT molecular complexity index is 619. The molecule has 1 aliphatic heterocycles. The minimum Gasteiger partial charge on any atom is -0.445 e. The minimum atomic E-state index is -3.33. The van der Waals surface area contributed by atoms with Crippen LogP contribution >= 0.6 is 0 Å². The van der Waals surface area contributed by atoms with Gasteiger partial charge in [0.25, 0.3) is 0 Å². The van der Waals surface area contributed by atoms with Crippen molar-refractivity contribution in [3.05, 3.63) is 35.9 Å². The van der Waals surface area contributed by atoms with Crippen LogP contribution in [0.25, 0.3) is 0 Å². The number of rotatable bonds is 5. The van der Waals surface area contributed by atoms with Crippen molar-refractivity contribution in [1.82, 2.24) is 9.62 Å². The molecule has 122 valence electrons. The summed E-state index contributed by atoms with van der Waals surface area (Å²) in [6.45, 7) is 0.314. The molecular formula is C14H20N2O5S. The van der Waals surface area contributed by atoms with Crippen molar-refractivity contribution >= 4 is 16.1 Å². The van der Waals surface area contributed by atoms with Crippen LogP contribution in [0.1, 0.15) is 12.0 Å². The van der Waals surface area contributed by atoms with Crippen molar-refractivity contribution in [2.24, 2.45) is 0 Å². The van der Waals surface area contributed by atoms with E-state index < -0.39 is 21.7 Å². The Labute approximate surface area is 129 Å². The van der Waals surface area contributed by atoms with Crippen LogP contribution in [0, 0.1) is 0 Å². The Balaban J connectivity index is 1.77. The Morgan fingerprint density at radius 3 is 2.68 bits per heavy atom. The van der Waals surface area contributed by atoms with E-state index >= 15 is 0 Å². The van der Waals surface area contributed by atoms with E-state index in [9.17, 15) is 18.3 Å². The summed E-state index contributed by atoms with van der Waals surface area (Å²) in [6.07, 6.45) is 0.731. The maximum absolute atomic E-state index is 11.6. The summed E-state index contributed by atoms with van der Waals surface area (Å²) < 4.78 is 29.1. The average Bonchev–Trinajstić information content (AvgIpc) is 2.87. The number of benzene rings is 1. The van der Waals surface area contributed by atoms with Crippen LogP contribution < -0.4 is 5.32 Å². The van der Waals surface area contributed by atoms with Crippen LogP contribution in [-0.4, -0.2) is 55.4 Å². The number of hydrogen-bond acceptors (Lipinski definition) is 5. The molecule has 0 bridgehead atoms. The molecule has 1 fully saturated rings. The molecule has 1 unspecified atom stereocenters. The summed E-state index contributed by atoms with van der Waals surface area (Å²) in [7, 11) is -3.33. The molecule has 22 heavy (non-hydrogen) atoms. The van der Waals surface area contributed by atoms with E-state index in [1.165, 1.54) is 4.31 Å². The summed E-state index contributed by atoms with van der Waals surface area (Å²) in [5.74, 6) is 0. The lowest BCUT2D eigenvalue weighted by Gasteiger charge is -2.22. The number of carbonyl (C=O) groups excluding carboxylic acids is 1. The first-order valence-corrected chi connectivity index (χ1v) is 8.75. The second-order valence-corrected chi connectivity index (χ2v) is 7.47. The molecule has 0 saturated carbocycles. The molecule has 1 atom stereocenters. The van der Waals surface area contributed by atoms with E-state index in [0.29, 0.717) is 0 Å². The molecule has 1 heterocycles. The molecule has 1 aliphatic rings. The largest absolute Gasteiger partial charge is 0.445 e. The summed E-state index contributed by atoms with van der Waals surface area (Å²) in [6, 6.07) is 9.23. The first-order valence-electron chi connectivity index (χ1n) is 6.91. The van der Waals surface area contributed by atoms with Crippen LogP contribution in [-0.2, 0) is 21.4 Å². The van der Waals surface area contributed by atoms with Crippen molar-refractivity contribution in [1.29, 1.82) is 0 Å². The number of carbonyl (C=O) groups is 1. The van der Waals surface area contributed by atoms with E-state index in [1.54, 1.807) is 0 Å². The van der Waals surface area contributed by atoms with Crippen molar-refractivity contribution in [3.8, 4) is 0 Å². The zero-order chi connectivity index (χ0) is 16.2. The van der Waals surface area contributed by atoms with Gasteiger partial charge in [0.05, 0.1) is 18.4 Å². The number of sulfonamides is 1. The molecule has 1 aromatic rings. The molecule has 2 N–H and O–H groups in total. The summed E-state index contributed by atoms with van der Waals surface area (Å²) >= 11 is 0. The topological polar surface area (TPSA) is 95.9 Å². The highest BCUT2D eigenvalue weighted by molar-refractivity contribution is 7.88. The molecule has 1 saturated heterocycles. The number of aliphatic hydroxyl groups is 1. The Kier molecular flexibility index (Phi) is 5.05. The SMILES string of the molecule is CS(=O)(=O)N1CCC(O)(CNC(=O)OCc2ccccc2)C1. The maximum Gasteiger partial charge on any atom is 0.407 e. The van der Waals surface area contributed by atoms with Gasteiger partial charge in [-0.05, 0) is 12.0 Å². The maximum atomic E-state index is 11.6. The van der Waals surface area contributed by atoms with Gasteiger partial charge in [-0.15, -0.1) is 0 Å². The third kappa shape index (κ3) is 4.69. The second-order valence-electron chi connectivity index (χ2n) is 5.49. The molecule has 1 aromatic carbocycles. The average molecular weight is 328 g/mol. The zero-order valence-corrected chi connectivity index (χ0v) is 13.2. The first kappa shape index (κ1) is 16.7. The van der Waals surface area contributed by atoms with Gasteiger partial charge in [-0.2, -0.15) is 4.31 Å². The summed E-state index contributed by atoms with van der Waals surface area (Å²) in [5.41, 5.74) is -0.394. The van der Waals surface area contributed by atoms with Gasteiger partial charge >= 0.3 is 6.09 Å². The standard InChI is InChI=1S/C14H20N2O5S/c1-22(19,20)16-8-7-14(18,11-16)10-15-13(17)21-9-12-5-3-2-4-6-12/h2-6,18H,7-11H2,1H3,(H,15,17). The highest BCUT2D eigenvalue weighted by Crippen LogP contribution is 2.22. The van der Waals surface area contributed by atoms with Gasteiger partial charge in [0.2, 0.25) is 10.0 Å². The zero-order valence-electron chi connectivity index (χ0n) is 12.4. The lowest BCUT2D eigenvalue weighted by Crippen LogP contribution is -2.45. The molecule has 0 aliphatic carbocycles. The van der Waals surface area contributed by atoms with E-state index in [1.807, 2.05) is 30.3 Å². The minimum absolute atomic E-state index is 0.0230. The van der Waals surface area contributed by atoms with Crippen molar-refractivity contribution in [2.45, 2.75) is 18.6 Å². The fourth-order valence-electron chi connectivity index (χ4n) is 2.26. The van der Waals surface area contributed by atoms with Crippen LogP contribution in [0.4, 0.5) is 4.79 Å². The fraction of sp³-hybridized carbons (Fsp3) is 0.500. The Hall–Kier alpha value is -1.64. The summed E-state index contributed by atoms with van der Waals surface area (Å²) in [4.78, 5) is 11.6.